The van der Waals surface area contributed by atoms with Crippen LogP contribution >= 0.6 is 0 Å². The second-order valence-electron chi connectivity index (χ2n) is 4.63. The molecule has 0 atom stereocenters. The van der Waals surface area contributed by atoms with Crippen LogP contribution in [0.1, 0.15) is 24.0 Å². The summed E-state index contributed by atoms with van der Waals surface area (Å²) in [5.74, 6) is -1.54. The Kier molecular flexibility index (Phi) is 6.43. The highest BCUT2D eigenvalue weighted by Gasteiger charge is 2.11. The fourth-order valence-corrected chi connectivity index (χ4v) is 1.92. The van der Waals surface area contributed by atoms with Gasteiger partial charge in [-0.1, -0.05) is 30.9 Å². The summed E-state index contributed by atoms with van der Waals surface area (Å²) in [5.41, 5.74) is 0.643. The summed E-state index contributed by atoms with van der Waals surface area (Å²) in [5, 5.41) is 0. The molecule has 0 unspecified atom stereocenters. The molecule has 0 aromatic heterocycles. The molecular weight excluding hydrogens is 244 g/mol. The molecule has 0 radical (unpaired) electrons. The molecule has 0 bridgehead atoms. The fraction of sp³-hybridized carbons (Fsp3) is 0.375. The van der Waals surface area contributed by atoms with Crippen molar-refractivity contribution in [1.29, 1.82) is 0 Å². The average molecular weight is 265 g/mol. The van der Waals surface area contributed by atoms with Crippen LogP contribution in [0.15, 0.2) is 31.4 Å². The van der Waals surface area contributed by atoms with Crippen LogP contribution in [0.4, 0.5) is 8.78 Å². The Labute approximate surface area is 114 Å². The van der Waals surface area contributed by atoms with E-state index in [1.807, 2.05) is 13.1 Å². The molecule has 1 aromatic rings. The maximum atomic E-state index is 13.7. The normalized spacial score (nSPS) is 10.7. The molecule has 0 aliphatic heterocycles. The molecule has 0 N–H and O–H groups in total. The molecule has 0 heterocycles. The van der Waals surface area contributed by atoms with E-state index in [2.05, 4.69) is 18.1 Å². The Morgan fingerprint density at radius 1 is 1.16 bits per heavy atom. The lowest BCUT2D eigenvalue weighted by atomic mass is 10.1. The van der Waals surface area contributed by atoms with Crippen molar-refractivity contribution in [2.75, 3.05) is 20.1 Å². The molecule has 0 aliphatic carbocycles. The van der Waals surface area contributed by atoms with E-state index in [0.29, 0.717) is 12.0 Å². The number of rotatable bonds is 8. The van der Waals surface area contributed by atoms with Crippen molar-refractivity contribution in [2.24, 2.45) is 0 Å². The summed E-state index contributed by atoms with van der Waals surface area (Å²) in [7, 11) is 2.02. The van der Waals surface area contributed by atoms with Gasteiger partial charge in [0.05, 0.1) is 0 Å². The van der Waals surface area contributed by atoms with Crippen molar-refractivity contribution in [2.45, 2.75) is 19.3 Å². The lowest BCUT2D eigenvalue weighted by Gasteiger charge is -2.15. The summed E-state index contributed by atoms with van der Waals surface area (Å²) >= 11 is 0. The molecule has 0 spiro atoms. The smallest absolute Gasteiger partial charge is 0.166 e. The maximum Gasteiger partial charge on any atom is 0.166 e. The number of aryl methyl sites for hydroxylation is 1. The predicted octanol–water partition coefficient (Wildman–Crippen LogP) is 4.05. The topological polar surface area (TPSA) is 3.24 Å². The Hall–Kier alpha value is -1.48. The van der Waals surface area contributed by atoms with Gasteiger partial charge in [0.1, 0.15) is 0 Å². The van der Waals surface area contributed by atoms with Gasteiger partial charge in [-0.2, -0.15) is 0 Å². The van der Waals surface area contributed by atoms with Crippen molar-refractivity contribution >= 4 is 6.08 Å². The zero-order valence-electron chi connectivity index (χ0n) is 11.5. The van der Waals surface area contributed by atoms with E-state index < -0.39 is 11.6 Å². The largest absolute Gasteiger partial charge is 0.306 e. The van der Waals surface area contributed by atoms with E-state index in [4.69, 9.17) is 0 Å². The Morgan fingerprint density at radius 3 is 2.53 bits per heavy atom. The molecule has 0 fully saturated rings. The third-order valence-corrected chi connectivity index (χ3v) is 3.11. The quantitative estimate of drug-likeness (QED) is 0.641. The lowest BCUT2D eigenvalue weighted by Crippen LogP contribution is -2.21. The summed E-state index contributed by atoms with van der Waals surface area (Å²) in [6, 6.07) is 3.21. The van der Waals surface area contributed by atoms with Gasteiger partial charge in [0, 0.05) is 12.1 Å². The summed E-state index contributed by atoms with van der Waals surface area (Å²) in [4.78, 5) is 2.16. The minimum atomic E-state index is -0.799. The average Bonchev–Trinajstić information content (AvgIpc) is 2.41. The van der Waals surface area contributed by atoms with Crippen LogP contribution in [0.2, 0.25) is 0 Å². The molecule has 1 rings (SSSR count). The standard InChI is InChI=1S/C16H21F2N/c1-4-6-11-19(3)12-7-8-14-10-9-13(5-2)15(17)16(14)18/h4-5,9-10H,1-2,6-8,11-12H2,3H3. The maximum absolute atomic E-state index is 13.7. The first-order valence-electron chi connectivity index (χ1n) is 6.49. The number of halogens is 2. The number of hydrogen-bond acceptors (Lipinski definition) is 1. The van der Waals surface area contributed by atoms with Gasteiger partial charge in [0.2, 0.25) is 0 Å². The number of hydrogen-bond donors (Lipinski definition) is 0. The van der Waals surface area contributed by atoms with Gasteiger partial charge < -0.3 is 4.90 Å². The van der Waals surface area contributed by atoms with Gasteiger partial charge in [0.25, 0.3) is 0 Å². The molecule has 1 aromatic carbocycles. The van der Waals surface area contributed by atoms with E-state index in [9.17, 15) is 8.78 Å². The Morgan fingerprint density at radius 2 is 1.89 bits per heavy atom. The minimum Gasteiger partial charge on any atom is -0.306 e. The van der Waals surface area contributed by atoms with Crippen LogP contribution in [0.3, 0.4) is 0 Å². The zero-order valence-corrected chi connectivity index (χ0v) is 11.5. The highest BCUT2D eigenvalue weighted by atomic mass is 19.2. The fourth-order valence-electron chi connectivity index (χ4n) is 1.92. The minimum absolute atomic E-state index is 0.212. The monoisotopic (exact) mass is 265 g/mol. The van der Waals surface area contributed by atoms with Crippen molar-refractivity contribution in [3.63, 3.8) is 0 Å². The van der Waals surface area contributed by atoms with Gasteiger partial charge in [-0.3, -0.25) is 0 Å². The van der Waals surface area contributed by atoms with E-state index in [0.717, 1.165) is 25.9 Å². The van der Waals surface area contributed by atoms with Crippen LogP contribution in [0.25, 0.3) is 6.08 Å². The van der Waals surface area contributed by atoms with Gasteiger partial charge in [-0.25, -0.2) is 8.78 Å². The van der Waals surface area contributed by atoms with E-state index >= 15 is 0 Å². The first-order valence-corrected chi connectivity index (χ1v) is 6.49. The lowest BCUT2D eigenvalue weighted by molar-refractivity contribution is 0.335. The van der Waals surface area contributed by atoms with Gasteiger partial charge in [-0.15, -0.1) is 6.58 Å². The van der Waals surface area contributed by atoms with Gasteiger partial charge >= 0.3 is 0 Å². The van der Waals surface area contributed by atoms with Crippen LogP contribution in [0, 0.1) is 11.6 Å². The summed E-state index contributed by atoms with van der Waals surface area (Å²) in [6.45, 7) is 8.93. The van der Waals surface area contributed by atoms with Crippen LogP contribution in [0.5, 0.6) is 0 Å². The van der Waals surface area contributed by atoms with Crippen molar-refractivity contribution in [1.82, 2.24) is 4.90 Å². The Balaban J connectivity index is 2.52. The van der Waals surface area contributed by atoms with E-state index in [-0.39, 0.29) is 5.56 Å². The molecule has 0 saturated carbocycles. The molecule has 1 nitrogen and oxygen atoms in total. The van der Waals surface area contributed by atoms with Crippen LogP contribution in [-0.2, 0) is 6.42 Å². The van der Waals surface area contributed by atoms with Crippen molar-refractivity contribution in [3.8, 4) is 0 Å². The highest BCUT2D eigenvalue weighted by Crippen LogP contribution is 2.18. The number of benzene rings is 1. The third kappa shape index (κ3) is 4.60. The molecule has 104 valence electrons. The highest BCUT2D eigenvalue weighted by molar-refractivity contribution is 5.48. The molecule has 0 amide bonds. The first kappa shape index (κ1) is 15.6. The number of nitrogens with zero attached hydrogens (tertiary/aromatic N) is 1. The second-order valence-corrected chi connectivity index (χ2v) is 4.63. The zero-order chi connectivity index (χ0) is 14.3. The molecule has 0 saturated heterocycles. The van der Waals surface area contributed by atoms with E-state index in [1.165, 1.54) is 6.08 Å². The van der Waals surface area contributed by atoms with Crippen LogP contribution < -0.4 is 0 Å². The van der Waals surface area contributed by atoms with Crippen LogP contribution in [-0.4, -0.2) is 25.0 Å². The second kappa shape index (κ2) is 7.85. The molecule has 0 aliphatic rings. The van der Waals surface area contributed by atoms with Gasteiger partial charge in [0.15, 0.2) is 11.6 Å². The molecule has 3 heteroatoms. The SMILES string of the molecule is C=CCCN(C)CCCc1ccc(C=C)c(F)c1F. The molecular formula is C16H21F2N. The first-order chi connectivity index (χ1) is 9.10. The van der Waals surface area contributed by atoms with Crippen molar-refractivity contribution in [3.05, 3.63) is 54.1 Å². The summed E-state index contributed by atoms with van der Waals surface area (Å²) in [6.07, 6.45) is 5.48. The predicted molar refractivity (Wildman–Crippen MR) is 77.1 cm³/mol. The van der Waals surface area contributed by atoms with Gasteiger partial charge in [-0.05, 0) is 38.4 Å². The van der Waals surface area contributed by atoms with E-state index in [1.54, 1.807) is 12.1 Å². The Bertz CT molecular complexity index is 441. The summed E-state index contributed by atoms with van der Waals surface area (Å²) < 4.78 is 27.3. The van der Waals surface area contributed by atoms with Crippen molar-refractivity contribution < 1.29 is 8.78 Å². The molecule has 19 heavy (non-hydrogen) atoms. The third-order valence-electron chi connectivity index (χ3n) is 3.11.